The van der Waals surface area contributed by atoms with Gasteiger partial charge >= 0.3 is 84.6 Å². The average Bonchev–Trinajstić information content (AvgIpc) is 2.83. The second-order valence-electron chi connectivity index (χ2n) is 8.62. The van der Waals surface area contributed by atoms with Crippen LogP contribution in [0.15, 0.2) is 23.7 Å². The molecule has 0 atom stereocenters. The molecule has 2 saturated heterocycles. The largest absolute Gasteiger partial charge is 0.439 e. The lowest BCUT2D eigenvalue weighted by Gasteiger charge is -2.50. The van der Waals surface area contributed by atoms with E-state index in [1.54, 1.807) is 9.47 Å². The smallest absolute Gasteiger partial charge is 0.400 e. The molecule has 5 nitrogen and oxygen atoms in total. The molecule has 0 saturated carbocycles. The Morgan fingerprint density at radius 3 is 0.755 bits per heavy atom. The van der Waals surface area contributed by atoms with E-state index in [0.717, 1.165) is 0 Å². The van der Waals surface area contributed by atoms with Gasteiger partial charge in [0, 0.05) is 0 Å². The predicted octanol–water partition coefficient (Wildman–Crippen LogP) is 9.08. The fourth-order valence-electron chi connectivity index (χ4n) is 3.11. The zero-order valence-corrected chi connectivity index (χ0v) is 20.7. The molecule has 0 aromatic heterocycles. The van der Waals surface area contributed by atoms with Crippen LogP contribution in [0.3, 0.4) is 0 Å². The molecule has 2 aliphatic heterocycles. The SMILES string of the molecule is FC(OC(F)=C(F)C(F)(F)C(F)(F)N1C(F)(F)C(F)(F)OC(F)(F)C1(F)F)=C(F)C(F)(F)C(F)(F)N1C(F)(F)C(F)(F)OC(F)(F)C1(F)F. The molecular formula is C16F28N2O3. The zero-order valence-electron chi connectivity index (χ0n) is 20.7. The third kappa shape index (κ3) is 5.55. The maximum atomic E-state index is 14.0. The normalized spacial score (nSPS) is 27.6. The first-order valence-corrected chi connectivity index (χ1v) is 10.4. The number of hydrogen-bond acceptors (Lipinski definition) is 5. The average molecular weight is 800 g/mol. The van der Waals surface area contributed by atoms with Crippen LogP contribution in [0.1, 0.15) is 0 Å². The fourth-order valence-corrected chi connectivity index (χ4v) is 3.11. The highest BCUT2D eigenvalue weighted by molar-refractivity contribution is 5.18. The van der Waals surface area contributed by atoms with Crippen LogP contribution in [0.4, 0.5) is 123 Å². The van der Waals surface area contributed by atoms with E-state index < -0.39 is 106 Å². The van der Waals surface area contributed by atoms with Crippen LogP contribution in [-0.4, -0.2) is 82.4 Å². The van der Waals surface area contributed by atoms with Gasteiger partial charge in [0.2, 0.25) is 11.7 Å². The summed E-state index contributed by atoms with van der Waals surface area (Å²) in [5.74, 6) is -27.3. The van der Waals surface area contributed by atoms with Gasteiger partial charge in [0.15, 0.2) is 0 Å². The highest BCUT2D eigenvalue weighted by Gasteiger charge is 2.92. The predicted molar refractivity (Wildman–Crippen MR) is 84.8 cm³/mol. The van der Waals surface area contributed by atoms with Crippen molar-refractivity contribution >= 4 is 0 Å². The molecular weight excluding hydrogens is 800 g/mol. The Balaban J connectivity index is 2.69. The first-order valence-electron chi connectivity index (χ1n) is 10.4. The third-order valence-electron chi connectivity index (χ3n) is 5.43. The summed E-state index contributed by atoms with van der Waals surface area (Å²) in [6, 6.07) is -58.4. The van der Waals surface area contributed by atoms with Gasteiger partial charge < -0.3 is 4.74 Å². The van der Waals surface area contributed by atoms with Crippen molar-refractivity contribution in [1.29, 1.82) is 0 Å². The summed E-state index contributed by atoms with van der Waals surface area (Å²) in [6.07, 6.45) is -29.7. The van der Waals surface area contributed by atoms with Gasteiger partial charge in [-0.2, -0.15) is 123 Å². The molecule has 0 unspecified atom stereocenters. The van der Waals surface area contributed by atoms with Gasteiger partial charge in [-0.05, 0) is 0 Å². The molecule has 0 aliphatic carbocycles. The lowest BCUT2D eigenvalue weighted by molar-refractivity contribution is -0.592. The second-order valence-corrected chi connectivity index (χ2v) is 8.62. The van der Waals surface area contributed by atoms with E-state index in [9.17, 15) is 123 Å². The number of alkyl halides is 24. The monoisotopic (exact) mass is 800 g/mol. The summed E-state index contributed by atoms with van der Waals surface area (Å²) in [6.45, 7) is 0. The van der Waals surface area contributed by atoms with Crippen molar-refractivity contribution in [3.05, 3.63) is 23.7 Å². The van der Waals surface area contributed by atoms with Crippen LogP contribution >= 0.6 is 0 Å². The van der Waals surface area contributed by atoms with Gasteiger partial charge in [0.25, 0.3) is 0 Å². The van der Waals surface area contributed by atoms with Gasteiger partial charge in [0.05, 0.1) is 0 Å². The van der Waals surface area contributed by atoms with Gasteiger partial charge in [0.1, 0.15) is 0 Å². The molecule has 2 heterocycles. The highest BCUT2D eigenvalue weighted by atomic mass is 19.4. The summed E-state index contributed by atoms with van der Waals surface area (Å²) in [5.41, 5.74) is 0. The van der Waals surface area contributed by atoms with Crippen LogP contribution in [0.25, 0.3) is 0 Å². The zero-order chi connectivity index (χ0) is 39.6. The minimum atomic E-state index is -8.46. The number of ether oxygens (including phenoxy) is 3. The van der Waals surface area contributed by atoms with E-state index in [2.05, 4.69) is 0 Å². The maximum Gasteiger partial charge on any atom is 0.439 e. The van der Waals surface area contributed by atoms with Crippen molar-refractivity contribution in [3.63, 3.8) is 0 Å². The standard InChI is InChI=1S/C16F28N2O3/c17-1(5(21,22)7(25,26)45-9(29,30)13(37,38)48-14(39,40)10(45,31)32)3(19)47-4(20)2(18)6(23,24)8(27,28)46-11(33,34)15(41,42)49-16(43,44)12(46,35)36. The Labute approximate surface area is 244 Å². The summed E-state index contributed by atoms with van der Waals surface area (Å²) >= 11 is 0. The molecule has 0 aromatic rings. The van der Waals surface area contributed by atoms with E-state index in [1.807, 2.05) is 4.74 Å². The Hall–Kier alpha value is -2.84. The number of halogens is 28. The second kappa shape index (κ2) is 10.8. The minimum Gasteiger partial charge on any atom is -0.400 e. The van der Waals surface area contributed by atoms with Crippen molar-refractivity contribution < 1.29 is 137 Å². The van der Waals surface area contributed by atoms with Crippen LogP contribution in [0, 0.1) is 0 Å². The van der Waals surface area contributed by atoms with Crippen molar-refractivity contribution in [2.24, 2.45) is 0 Å². The van der Waals surface area contributed by atoms with E-state index in [4.69, 9.17) is 0 Å². The Kier molecular flexibility index (Phi) is 9.36. The summed E-state index contributed by atoms with van der Waals surface area (Å²) in [7, 11) is 0. The third-order valence-corrected chi connectivity index (χ3v) is 5.43. The summed E-state index contributed by atoms with van der Waals surface area (Å²) in [4.78, 5) is -9.11. The molecule has 0 radical (unpaired) electrons. The van der Waals surface area contributed by atoms with Crippen LogP contribution in [0.5, 0.6) is 0 Å². The Morgan fingerprint density at radius 2 is 0.571 bits per heavy atom. The van der Waals surface area contributed by atoms with E-state index in [-0.39, 0.29) is 0 Å². The van der Waals surface area contributed by atoms with E-state index >= 15 is 0 Å². The number of rotatable bonds is 8. The summed E-state index contributed by atoms with van der Waals surface area (Å²) < 4.78 is 385. The topological polar surface area (TPSA) is 34.2 Å². The van der Waals surface area contributed by atoms with Crippen molar-refractivity contribution in [3.8, 4) is 0 Å². The molecule has 49 heavy (non-hydrogen) atoms. The Morgan fingerprint density at radius 1 is 0.388 bits per heavy atom. The molecule has 0 amide bonds. The summed E-state index contributed by atoms with van der Waals surface area (Å²) in [5, 5.41) is 0. The first kappa shape index (κ1) is 42.3. The quantitative estimate of drug-likeness (QED) is 0.139. The lowest BCUT2D eigenvalue weighted by Crippen LogP contribution is -2.79. The van der Waals surface area contributed by atoms with Gasteiger partial charge in [-0.3, -0.25) is 0 Å². The molecule has 33 heteroatoms. The lowest BCUT2D eigenvalue weighted by atomic mass is 10.1. The van der Waals surface area contributed by atoms with Crippen molar-refractivity contribution in [2.45, 2.75) is 72.6 Å². The number of nitrogens with zero attached hydrogens (tertiary/aromatic N) is 2. The van der Waals surface area contributed by atoms with Crippen LogP contribution in [0.2, 0.25) is 0 Å². The molecule has 288 valence electrons. The molecule has 2 rings (SSSR count). The molecule has 2 fully saturated rings. The van der Waals surface area contributed by atoms with Gasteiger partial charge in [-0.25, -0.2) is 9.47 Å². The maximum absolute atomic E-state index is 14.0. The molecule has 0 N–H and O–H groups in total. The van der Waals surface area contributed by atoms with Crippen LogP contribution in [-0.2, 0) is 14.2 Å². The van der Waals surface area contributed by atoms with Crippen molar-refractivity contribution in [2.75, 3.05) is 0 Å². The fraction of sp³-hybridized carbons (Fsp3) is 0.750. The number of morpholine rings is 2. The highest BCUT2D eigenvalue weighted by Crippen LogP contribution is 2.63. The molecule has 2 aliphatic rings. The molecule has 0 aromatic carbocycles. The molecule has 0 bridgehead atoms. The minimum absolute atomic E-state index is 1.56. The Bertz CT molecular complexity index is 1230. The first-order chi connectivity index (χ1) is 21.0. The van der Waals surface area contributed by atoms with Gasteiger partial charge in [-0.1, -0.05) is 9.80 Å². The van der Waals surface area contributed by atoms with Crippen LogP contribution < -0.4 is 0 Å². The van der Waals surface area contributed by atoms with Crippen molar-refractivity contribution in [1.82, 2.24) is 9.80 Å². The molecule has 0 spiro atoms. The number of hydrogen-bond donors (Lipinski definition) is 0. The van der Waals surface area contributed by atoms with Gasteiger partial charge in [-0.15, -0.1) is 0 Å². The van der Waals surface area contributed by atoms with E-state index in [0.29, 0.717) is 0 Å². The van der Waals surface area contributed by atoms with E-state index in [1.165, 1.54) is 0 Å².